The van der Waals surface area contributed by atoms with Crippen molar-refractivity contribution in [2.45, 2.75) is 26.3 Å². The Kier molecular flexibility index (Phi) is 7.30. The Balaban J connectivity index is 1.57. The standard InChI is InChI=1S/C20H26N2O2/c1-16-4-3-5-18(14-16)15-21-12-11-20(23)22-13-10-17-6-8-19(24-2)9-7-17/h3-9,14,21H,10-13,15H2,1-2H3,(H,22,23). The number of carbonyl (C=O) groups excluding carboxylic acids is 1. The van der Waals surface area contributed by atoms with Crippen molar-refractivity contribution in [3.63, 3.8) is 0 Å². The lowest BCUT2D eigenvalue weighted by Gasteiger charge is -2.08. The van der Waals surface area contributed by atoms with Crippen molar-refractivity contribution in [2.75, 3.05) is 20.2 Å². The fourth-order valence-electron chi connectivity index (χ4n) is 2.48. The first-order chi connectivity index (χ1) is 11.7. The summed E-state index contributed by atoms with van der Waals surface area (Å²) in [6.07, 6.45) is 1.32. The van der Waals surface area contributed by atoms with Gasteiger partial charge in [0.1, 0.15) is 5.75 Å². The third-order valence-electron chi connectivity index (χ3n) is 3.84. The molecule has 0 bridgehead atoms. The number of nitrogens with one attached hydrogen (secondary N) is 2. The number of methoxy groups -OCH3 is 1. The Hall–Kier alpha value is -2.33. The minimum absolute atomic E-state index is 0.0836. The molecule has 0 radical (unpaired) electrons. The maximum atomic E-state index is 11.8. The largest absolute Gasteiger partial charge is 0.497 e. The third kappa shape index (κ3) is 6.42. The van der Waals surface area contributed by atoms with Crippen LogP contribution in [0.4, 0.5) is 0 Å². The third-order valence-corrected chi connectivity index (χ3v) is 3.84. The monoisotopic (exact) mass is 326 g/mol. The molecule has 4 nitrogen and oxygen atoms in total. The van der Waals surface area contributed by atoms with Crippen molar-refractivity contribution >= 4 is 5.91 Å². The fourth-order valence-corrected chi connectivity index (χ4v) is 2.48. The Labute approximate surface area is 144 Å². The van der Waals surface area contributed by atoms with Gasteiger partial charge in [0.05, 0.1) is 7.11 Å². The normalized spacial score (nSPS) is 10.4. The van der Waals surface area contributed by atoms with E-state index in [2.05, 4.69) is 41.8 Å². The van der Waals surface area contributed by atoms with Crippen LogP contribution >= 0.6 is 0 Å². The summed E-state index contributed by atoms with van der Waals surface area (Å²) in [5, 5.41) is 6.26. The van der Waals surface area contributed by atoms with Crippen LogP contribution < -0.4 is 15.4 Å². The molecule has 2 aromatic carbocycles. The molecule has 0 spiro atoms. The van der Waals surface area contributed by atoms with Gasteiger partial charge in [-0.2, -0.15) is 0 Å². The van der Waals surface area contributed by atoms with E-state index in [1.54, 1.807) is 7.11 Å². The van der Waals surface area contributed by atoms with Crippen molar-refractivity contribution < 1.29 is 9.53 Å². The number of rotatable bonds is 9. The zero-order valence-corrected chi connectivity index (χ0v) is 14.5. The van der Waals surface area contributed by atoms with Crippen molar-refractivity contribution in [1.82, 2.24) is 10.6 Å². The predicted octanol–water partition coefficient (Wildman–Crippen LogP) is 2.84. The lowest BCUT2D eigenvalue weighted by Crippen LogP contribution is -2.29. The summed E-state index contributed by atoms with van der Waals surface area (Å²) >= 11 is 0. The molecule has 128 valence electrons. The molecule has 24 heavy (non-hydrogen) atoms. The van der Waals surface area contributed by atoms with Crippen LogP contribution in [0.5, 0.6) is 5.75 Å². The van der Waals surface area contributed by atoms with Crippen LogP contribution in [0.3, 0.4) is 0 Å². The molecule has 0 heterocycles. The molecule has 2 N–H and O–H groups in total. The van der Waals surface area contributed by atoms with Gasteiger partial charge in [-0.15, -0.1) is 0 Å². The number of hydrogen-bond acceptors (Lipinski definition) is 3. The summed E-state index contributed by atoms with van der Waals surface area (Å²) in [6, 6.07) is 16.3. The number of amides is 1. The van der Waals surface area contributed by atoms with Crippen molar-refractivity contribution in [2.24, 2.45) is 0 Å². The molecule has 0 fully saturated rings. The lowest BCUT2D eigenvalue weighted by molar-refractivity contribution is -0.120. The topological polar surface area (TPSA) is 50.4 Å². The quantitative estimate of drug-likeness (QED) is 0.697. The second kappa shape index (κ2) is 9.73. The summed E-state index contributed by atoms with van der Waals surface area (Å²) in [4.78, 5) is 11.8. The van der Waals surface area contributed by atoms with E-state index >= 15 is 0 Å². The van der Waals surface area contributed by atoms with E-state index in [1.807, 2.05) is 24.3 Å². The first-order valence-corrected chi connectivity index (χ1v) is 8.33. The predicted molar refractivity (Wildman–Crippen MR) is 97.2 cm³/mol. The van der Waals surface area contributed by atoms with Gasteiger partial charge in [-0.05, 0) is 36.6 Å². The number of aryl methyl sites for hydroxylation is 1. The van der Waals surface area contributed by atoms with Crippen molar-refractivity contribution in [3.8, 4) is 5.75 Å². The highest BCUT2D eigenvalue weighted by Gasteiger charge is 2.01. The lowest BCUT2D eigenvalue weighted by atomic mass is 10.1. The van der Waals surface area contributed by atoms with E-state index in [0.717, 1.165) is 18.7 Å². The molecule has 0 aliphatic rings. The number of hydrogen-bond donors (Lipinski definition) is 2. The summed E-state index contributed by atoms with van der Waals surface area (Å²) in [6.45, 7) is 4.21. The Morgan fingerprint density at radius 2 is 1.83 bits per heavy atom. The van der Waals surface area contributed by atoms with Crippen molar-refractivity contribution in [3.05, 3.63) is 65.2 Å². The minimum Gasteiger partial charge on any atom is -0.497 e. The molecule has 2 rings (SSSR count). The molecule has 0 aromatic heterocycles. The van der Waals surface area contributed by atoms with Gasteiger partial charge in [-0.1, -0.05) is 42.0 Å². The maximum absolute atomic E-state index is 11.8. The molecule has 1 amide bonds. The molecule has 0 atom stereocenters. The molecule has 0 saturated heterocycles. The first-order valence-electron chi connectivity index (χ1n) is 8.33. The summed E-state index contributed by atoms with van der Waals surface area (Å²) < 4.78 is 5.13. The zero-order valence-electron chi connectivity index (χ0n) is 14.5. The second-order valence-electron chi connectivity index (χ2n) is 5.86. The van der Waals surface area contributed by atoms with Crippen LogP contribution in [0, 0.1) is 6.92 Å². The van der Waals surface area contributed by atoms with Gasteiger partial charge in [-0.3, -0.25) is 4.79 Å². The van der Waals surface area contributed by atoms with Gasteiger partial charge in [-0.25, -0.2) is 0 Å². The highest BCUT2D eigenvalue weighted by atomic mass is 16.5. The summed E-state index contributed by atoms with van der Waals surface area (Å²) in [5.74, 6) is 0.933. The highest BCUT2D eigenvalue weighted by molar-refractivity contribution is 5.76. The number of ether oxygens (including phenoxy) is 1. The summed E-state index contributed by atoms with van der Waals surface area (Å²) in [7, 11) is 1.65. The van der Waals surface area contributed by atoms with Crippen LogP contribution in [-0.2, 0) is 17.8 Å². The SMILES string of the molecule is COc1ccc(CCNC(=O)CCNCc2cccc(C)c2)cc1. The molecular weight excluding hydrogens is 300 g/mol. The second-order valence-corrected chi connectivity index (χ2v) is 5.86. The number of benzene rings is 2. The van der Waals surface area contributed by atoms with Crippen LogP contribution in [0.25, 0.3) is 0 Å². The van der Waals surface area contributed by atoms with Gasteiger partial charge in [0.2, 0.25) is 5.91 Å². The fraction of sp³-hybridized carbons (Fsp3) is 0.350. The van der Waals surface area contributed by atoms with E-state index in [0.29, 0.717) is 19.5 Å². The van der Waals surface area contributed by atoms with Gasteiger partial charge in [0.25, 0.3) is 0 Å². The molecule has 4 heteroatoms. The maximum Gasteiger partial charge on any atom is 0.221 e. The molecule has 0 aliphatic heterocycles. The minimum atomic E-state index is 0.0836. The van der Waals surface area contributed by atoms with E-state index in [9.17, 15) is 4.79 Å². The van der Waals surface area contributed by atoms with Gasteiger partial charge < -0.3 is 15.4 Å². The summed E-state index contributed by atoms with van der Waals surface area (Å²) in [5.41, 5.74) is 3.69. The zero-order chi connectivity index (χ0) is 17.2. The van der Waals surface area contributed by atoms with Crippen LogP contribution in [-0.4, -0.2) is 26.1 Å². The van der Waals surface area contributed by atoms with Gasteiger partial charge in [0.15, 0.2) is 0 Å². The van der Waals surface area contributed by atoms with Crippen molar-refractivity contribution in [1.29, 1.82) is 0 Å². The highest BCUT2D eigenvalue weighted by Crippen LogP contribution is 2.11. The van der Waals surface area contributed by atoms with Crippen LogP contribution in [0.1, 0.15) is 23.1 Å². The molecular formula is C20H26N2O2. The van der Waals surface area contributed by atoms with E-state index in [-0.39, 0.29) is 5.91 Å². The molecule has 0 unspecified atom stereocenters. The van der Waals surface area contributed by atoms with Gasteiger partial charge in [0, 0.05) is 26.1 Å². The first kappa shape index (κ1) is 18.0. The molecule has 2 aromatic rings. The average molecular weight is 326 g/mol. The Morgan fingerprint density at radius 1 is 1.04 bits per heavy atom. The van der Waals surface area contributed by atoms with E-state index in [1.165, 1.54) is 16.7 Å². The van der Waals surface area contributed by atoms with Crippen LogP contribution in [0.2, 0.25) is 0 Å². The van der Waals surface area contributed by atoms with E-state index in [4.69, 9.17) is 4.74 Å². The molecule has 0 saturated carbocycles. The van der Waals surface area contributed by atoms with E-state index < -0.39 is 0 Å². The van der Waals surface area contributed by atoms with Crippen LogP contribution in [0.15, 0.2) is 48.5 Å². The number of carbonyl (C=O) groups is 1. The Morgan fingerprint density at radius 3 is 2.54 bits per heavy atom. The van der Waals surface area contributed by atoms with Gasteiger partial charge >= 0.3 is 0 Å². The Bertz CT molecular complexity index is 638. The molecule has 0 aliphatic carbocycles. The average Bonchev–Trinajstić information content (AvgIpc) is 2.59. The smallest absolute Gasteiger partial charge is 0.221 e.